The van der Waals surface area contributed by atoms with Crippen LogP contribution in [0.1, 0.15) is 32.3 Å². The number of allylic oxidation sites excluding steroid dienone is 7. The Morgan fingerprint density at radius 1 is 1.13 bits per heavy atom. The molecule has 1 nitrogen and oxygen atoms in total. The third-order valence-corrected chi connectivity index (χ3v) is 3.56. The fourth-order valence-corrected chi connectivity index (χ4v) is 2.52. The van der Waals surface area contributed by atoms with Crippen LogP contribution in [0.4, 0.5) is 5.69 Å². The highest BCUT2D eigenvalue weighted by Gasteiger charge is 2.17. The lowest BCUT2D eigenvalue weighted by molar-refractivity contribution is 0.951. The minimum Gasteiger partial charge on any atom is -0.311 e. The van der Waals surface area contributed by atoms with Crippen molar-refractivity contribution in [3.8, 4) is 0 Å². The lowest BCUT2D eigenvalue weighted by Gasteiger charge is -2.29. The molecule has 1 aromatic carbocycles. The van der Waals surface area contributed by atoms with E-state index in [9.17, 15) is 0 Å². The molecule has 0 radical (unpaired) electrons. The first-order valence-electron chi connectivity index (χ1n) is 7.89. The first-order chi connectivity index (χ1) is 11.1. The van der Waals surface area contributed by atoms with E-state index in [1.165, 1.54) is 5.56 Å². The molecule has 0 spiro atoms. The number of hydrogen-bond donors (Lipinski definition) is 0. The molecule has 0 saturated heterocycles. The molecule has 0 fully saturated rings. The summed E-state index contributed by atoms with van der Waals surface area (Å²) >= 11 is 0. The standard InChI is InChI=1S/C22H27N/c1-7-13-18(5)21-16-11-12-17-22(21)23(19(6)10-4)20(14-8-2)15-9-3/h7-18H,2,4,6H2,1,3,5H3/b13-7-,15-9-,20-14+. The zero-order valence-electron chi connectivity index (χ0n) is 14.5. The number of benzene rings is 1. The minimum atomic E-state index is 0.312. The smallest absolute Gasteiger partial charge is 0.0499 e. The summed E-state index contributed by atoms with van der Waals surface area (Å²) < 4.78 is 0. The van der Waals surface area contributed by atoms with Crippen LogP contribution in [0.2, 0.25) is 0 Å². The van der Waals surface area contributed by atoms with Crippen molar-refractivity contribution in [3.63, 3.8) is 0 Å². The summed E-state index contributed by atoms with van der Waals surface area (Å²) in [6.07, 6.45) is 13.9. The molecule has 1 unspecified atom stereocenters. The Morgan fingerprint density at radius 3 is 2.39 bits per heavy atom. The molecule has 23 heavy (non-hydrogen) atoms. The van der Waals surface area contributed by atoms with E-state index in [2.05, 4.69) is 61.9 Å². The molecule has 0 aliphatic rings. The maximum atomic E-state index is 4.16. The van der Waals surface area contributed by atoms with Crippen LogP contribution in [-0.4, -0.2) is 0 Å². The molecule has 1 atom stereocenters. The Hall–Kier alpha value is -2.54. The van der Waals surface area contributed by atoms with Crippen LogP contribution in [-0.2, 0) is 0 Å². The van der Waals surface area contributed by atoms with Gasteiger partial charge in [0.15, 0.2) is 0 Å². The highest BCUT2D eigenvalue weighted by Crippen LogP contribution is 2.33. The molecule has 0 aliphatic carbocycles. The third kappa shape index (κ3) is 4.72. The Balaban J connectivity index is 3.56. The zero-order chi connectivity index (χ0) is 17.2. The van der Waals surface area contributed by atoms with E-state index in [1.807, 2.05) is 38.1 Å². The van der Waals surface area contributed by atoms with Crippen LogP contribution in [0.5, 0.6) is 0 Å². The van der Waals surface area contributed by atoms with Crippen LogP contribution in [0.3, 0.4) is 0 Å². The molecule has 1 rings (SSSR count). The van der Waals surface area contributed by atoms with Gasteiger partial charge in [-0.05, 0) is 43.7 Å². The van der Waals surface area contributed by atoms with Gasteiger partial charge in [0.05, 0.1) is 0 Å². The maximum absolute atomic E-state index is 4.16. The van der Waals surface area contributed by atoms with Gasteiger partial charge >= 0.3 is 0 Å². The number of para-hydroxylation sites is 1. The van der Waals surface area contributed by atoms with Crippen LogP contribution < -0.4 is 4.90 Å². The van der Waals surface area contributed by atoms with E-state index in [1.54, 1.807) is 12.2 Å². The molecule has 0 aromatic heterocycles. The molecule has 1 heteroatoms. The second kappa shape index (κ2) is 9.47. The van der Waals surface area contributed by atoms with E-state index >= 15 is 0 Å². The average Bonchev–Trinajstić information content (AvgIpc) is 2.56. The second-order valence-corrected chi connectivity index (χ2v) is 5.23. The quantitative estimate of drug-likeness (QED) is 0.390. The van der Waals surface area contributed by atoms with Gasteiger partial charge in [0, 0.05) is 23.0 Å². The molecular formula is C22H27N. The van der Waals surface area contributed by atoms with Gasteiger partial charge in [-0.3, -0.25) is 0 Å². The third-order valence-electron chi connectivity index (χ3n) is 3.56. The first kappa shape index (κ1) is 18.5. The number of hydrogen-bond acceptors (Lipinski definition) is 1. The number of nitrogens with zero attached hydrogens (tertiary/aromatic N) is 1. The highest BCUT2D eigenvalue weighted by molar-refractivity contribution is 5.67. The summed E-state index contributed by atoms with van der Waals surface area (Å²) in [6.45, 7) is 18.1. The number of rotatable bonds is 8. The molecule has 0 heterocycles. The van der Waals surface area contributed by atoms with Crippen molar-refractivity contribution in [2.75, 3.05) is 4.90 Å². The molecular weight excluding hydrogens is 278 g/mol. The van der Waals surface area contributed by atoms with E-state index in [0.717, 1.165) is 17.1 Å². The summed E-state index contributed by atoms with van der Waals surface area (Å²) in [5, 5.41) is 0. The molecule has 0 aliphatic heterocycles. The summed E-state index contributed by atoms with van der Waals surface area (Å²) in [4.78, 5) is 2.12. The van der Waals surface area contributed by atoms with E-state index in [-0.39, 0.29) is 0 Å². The molecule has 0 saturated carbocycles. The van der Waals surface area contributed by atoms with Crippen LogP contribution in [0, 0.1) is 0 Å². The predicted molar refractivity (Wildman–Crippen MR) is 105 cm³/mol. The van der Waals surface area contributed by atoms with E-state index < -0.39 is 0 Å². The largest absolute Gasteiger partial charge is 0.311 e. The molecule has 0 N–H and O–H groups in total. The number of anilines is 1. The Bertz CT molecular complexity index is 644. The average molecular weight is 305 g/mol. The van der Waals surface area contributed by atoms with Gasteiger partial charge in [0.1, 0.15) is 0 Å². The van der Waals surface area contributed by atoms with Gasteiger partial charge in [-0.25, -0.2) is 0 Å². The molecule has 120 valence electrons. The van der Waals surface area contributed by atoms with Crippen molar-refractivity contribution in [1.29, 1.82) is 0 Å². The fourth-order valence-electron chi connectivity index (χ4n) is 2.52. The van der Waals surface area contributed by atoms with E-state index in [4.69, 9.17) is 0 Å². The minimum absolute atomic E-state index is 0.312. The van der Waals surface area contributed by atoms with Crippen molar-refractivity contribution in [3.05, 3.63) is 103 Å². The van der Waals surface area contributed by atoms with Crippen LogP contribution in [0.25, 0.3) is 0 Å². The monoisotopic (exact) mass is 305 g/mol. The summed E-state index contributed by atoms with van der Waals surface area (Å²) in [5.74, 6) is 0.312. The second-order valence-electron chi connectivity index (χ2n) is 5.23. The Morgan fingerprint density at radius 2 is 1.83 bits per heavy atom. The van der Waals surface area contributed by atoms with Crippen molar-refractivity contribution in [2.45, 2.75) is 26.7 Å². The van der Waals surface area contributed by atoms with Gasteiger partial charge in [0.2, 0.25) is 0 Å². The SMILES string of the molecule is C=C/C=C(\C=C/C)N(C(=C)C=C)c1ccccc1C(C)/C=C\C. The topological polar surface area (TPSA) is 3.24 Å². The fraction of sp³-hybridized carbons (Fsp3) is 0.182. The normalized spacial score (nSPS) is 13.3. The van der Waals surface area contributed by atoms with Gasteiger partial charge < -0.3 is 4.90 Å². The first-order valence-corrected chi connectivity index (χ1v) is 7.89. The van der Waals surface area contributed by atoms with Gasteiger partial charge in [-0.15, -0.1) is 0 Å². The van der Waals surface area contributed by atoms with Crippen LogP contribution >= 0.6 is 0 Å². The molecule has 0 amide bonds. The van der Waals surface area contributed by atoms with Gasteiger partial charge in [-0.1, -0.05) is 69.2 Å². The summed E-state index contributed by atoms with van der Waals surface area (Å²) in [7, 11) is 0. The predicted octanol–water partition coefficient (Wildman–Crippen LogP) is 6.52. The Kier molecular flexibility index (Phi) is 7.62. The van der Waals surface area contributed by atoms with Gasteiger partial charge in [0.25, 0.3) is 0 Å². The molecule has 0 bridgehead atoms. The van der Waals surface area contributed by atoms with E-state index in [0.29, 0.717) is 5.92 Å². The highest BCUT2D eigenvalue weighted by atomic mass is 15.2. The van der Waals surface area contributed by atoms with Gasteiger partial charge in [-0.2, -0.15) is 0 Å². The summed E-state index contributed by atoms with van der Waals surface area (Å²) in [5.41, 5.74) is 4.19. The lowest BCUT2D eigenvalue weighted by Crippen LogP contribution is -2.21. The maximum Gasteiger partial charge on any atom is 0.0499 e. The van der Waals surface area contributed by atoms with Crippen molar-refractivity contribution >= 4 is 5.69 Å². The van der Waals surface area contributed by atoms with Crippen molar-refractivity contribution in [2.24, 2.45) is 0 Å². The summed E-state index contributed by atoms with van der Waals surface area (Å²) in [6, 6.07) is 8.39. The van der Waals surface area contributed by atoms with Crippen molar-refractivity contribution in [1.82, 2.24) is 0 Å². The van der Waals surface area contributed by atoms with Crippen molar-refractivity contribution < 1.29 is 0 Å². The Labute approximate surface area is 141 Å². The lowest BCUT2D eigenvalue weighted by atomic mass is 9.97. The molecule has 1 aromatic rings. The zero-order valence-corrected chi connectivity index (χ0v) is 14.5. The van der Waals surface area contributed by atoms with Crippen LogP contribution in [0.15, 0.2) is 97.9 Å².